The van der Waals surface area contributed by atoms with Crippen molar-refractivity contribution < 1.29 is 19.5 Å². The lowest BCUT2D eigenvalue weighted by Crippen LogP contribution is -2.76. The Morgan fingerprint density at radius 2 is 1.86 bits per heavy atom. The number of aromatic hydroxyl groups is 1. The Hall–Kier alpha value is -5.08. The monoisotopic (exact) mass is 593 g/mol. The zero-order chi connectivity index (χ0) is 30.8. The number of allylic oxidation sites excluding steroid dienone is 3. The van der Waals surface area contributed by atoms with Gasteiger partial charge in [-0.25, -0.2) is 14.8 Å². The van der Waals surface area contributed by atoms with Crippen molar-refractivity contribution in [2.75, 3.05) is 39.8 Å². The molecule has 2 aromatic carbocycles. The molecule has 0 spiro atoms. The molecule has 1 unspecified atom stereocenters. The third-order valence-electron chi connectivity index (χ3n) is 8.48. The maximum Gasteiger partial charge on any atom is 0.334 e. The SMILES string of the molecule is C#CCN1CC2C(CN3C[C@H]4N(C(=O)CN(C)N4C(=O)NCc4ccccc4)[C@@H](Cc4ccc(O)cc4)C3=O)=CC=CC2=N1. The van der Waals surface area contributed by atoms with Crippen molar-refractivity contribution in [3.8, 4) is 18.1 Å². The molecule has 44 heavy (non-hydrogen) atoms. The zero-order valence-electron chi connectivity index (χ0n) is 24.5. The molecule has 2 fully saturated rings. The molecule has 3 heterocycles. The average Bonchev–Trinajstić information content (AvgIpc) is 3.43. The molecule has 2 saturated heterocycles. The number of phenolic OH excluding ortho intramolecular Hbond substituents is 1. The van der Waals surface area contributed by atoms with Crippen LogP contribution >= 0.6 is 0 Å². The molecule has 1 aliphatic carbocycles. The molecular formula is C33H35N7O4. The van der Waals surface area contributed by atoms with Crippen LogP contribution in [0.3, 0.4) is 0 Å². The van der Waals surface area contributed by atoms with Gasteiger partial charge in [0.15, 0.2) is 0 Å². The van der Waals surface area contributed by atoms with E-state index in [1.807, 2.05) is 53.6 Å². The lowest BCUT2D eigenvalue weighted by atomic mass is 9.89. The van der Waals surface area contributed by atoms with Crippen molar-refractivity contribution >= 4 is 23.6 Å². The third-order valence-corrected chi connectivity index (χ3v) is 8.48. The van der Waals surface area contributed by atoms with E-state index < -0.39 is 12.2 Å². The Balaban J connectivity index is 1.29. The van der Waals surface area contributed by atoms with Crippen molar-refractivity contribution in [3.05, 3.63) is 89.5 Å². The second kappa shape index (κ2) is 12.3. The molecule has 226 valence electrons. The fourth-order valence-corrected chi connectivity index (χ4v) is 6.37. The number of hydrazone groups is 1. The third kappa shape index (κ3) is 5.76. The summed E-state index contributed by atoms with van der Waals surface area (Å²) in [6.45, 7) is 1.77. The summed E-state index contributed by atoms with van der Waals surface area (Å²) >= 11 is 0. The van der Waals surface area contributed by atoms with Crippen LogP contribution in [-0.2, 0) is 22.6 Å². The molecule has 2 aromatic rings. The first-order valence-corrected chi connectivity index (χ1v) is 14.7. The van der Waals surface area contributed by atoms with Gasteiger partial charge in [-0.1, -0.05) is 60.5 Å². The maximum atomic E-state index is 14.2. The van der Waals surface area contributed by atoms with Gasteiger partial charge in [0.25, 0.3) is 0 Å². The summed E-state index contributed by atoms with van der Waals surface area (Å²) in [5.41, 5.74) is 3.67. The van der Waals surface area contributed by atoms with Gasteiger partial charge in [-0.05, 0) is 34.9 Å². The summed E-state index contributed by atoms with van der Waals surface area (Å²) in [7, 11) is 1.71. The highest BCUT2D eigenvalue weighted by atomic mass is 16.3. The normalized spacial score (nSPS) is 23.1. The van der Waals surface area contributed by atoms with Crippen molar-refractivity contribution in [1.29, 1.82) is 0 Å². The Morgan fingerprint density at radius 3 is 2.61 bits per heavy atom. The number of hydrogen-bond donors (Lipinski definition) is 2. The number of phenols is 1. The topological polar surface area (TPSA) is 112 Å². The summed E-state index contributed by atoms with van der Waals surface area (Å²) < 4.78 is 0. The summed E-state index contributed by atoms with van der Waals surface area (Å²) in [5, 5.41) is 22.5. The van der Waals surface area contributed by atoms with Crippen molar-refractivity contribution in [2.45, 2.75) is 25.2 Å². The highest BCUT2D eigenvalue weighted by Gasteiger charge is 2.51. The molecule has 0 bridgehead atoms. The fraction of sp³-hybridized carbons (Fsp3) is 0.333. The molecule has 4 aliphatic rings. The molecule has 11 nitrogen and oxygen atoms in total. The number of carbonyl (C=O) groups is 3. The fourth-order valence-electron chi connectivity index (χ4n) is 6.37. The molecule has 0 saturated carbocycles. The number of piperazine rings is 1. The number of fused-ring (bicyclic) bond motifs is 2. The number of hydrogen-bond acceptors (Lipinski definition) is 7. The van der Waals surface area contributed by atoms with Crippen molar-refractivity contribution in [1.82, 2.24) is 30.1 Å². The Morgan fingerprint density at radius 1 is 1.09 bits per heavy atom. The smallest absolute Gasteiger partial charge is 0.334 e. The minimum atomic E-state index is -0.835. The number of rotatable bonds is 7. The van der Waals surface area contributed by atoms with Gasteiger partial charge < -0.3 is 20.2 Å². The first kappa shape index (κ1) is 29.0. The second-order valence-electron chi connectivity index (χ2n) is 11.4. The van der Waals surface area contributed by atoms with Gasteiger partial charge in [-0.3, -0.25) is 14.6 Å². The molecular weight excluding hydrogens is 558 g/mol. The zero-order valence-corrected chi connectivity index (χ0v) is 24.5. The standard InChI is InChI=1S/C33H35N7O4/c1-3-16-38-20-27-25(10-7-11-28(27)35-38)19-37-21-30-39(29(32(37)43)17-23-12-14-26(41)15-13-23)31(42)22-36(2)40(30)33(44)34-18-24-8-5-4-6-9-24/h1,4-15,27,29-30,41H,16-22H2,2H3,(H,34,44)/t27?,29-,30-/m0/s1. The first-order valence-electron chi connectivity index (χ1n) is 14.7. The van der Waals surface area contributed by atoms with Gasteiger partial charge in [0.1, 0.15) is 18.0 Å². The molecule has 6 rings (SSSR count). The number of urea groups is 1. The number of carbonyl (C=O) groups excluding carboxylic acids is 3. The number of nitrogens with zero attached hydrogens (tertiary/aromatic N) is 6. The Bertz CT molecular complexity index is 1560. The van der Waals surface area contributed by atoms with E-state index in [0.717, 1.165) is 22.4 Å². The van der Waals surface area contributed by atoms with E-state index in [4.69, 9.17) is 6.42 Å². The van der Waals surface area contributed by atoms with E-state index in [1.165, 1.54) is 0 Å². The highest BCUT2D eigenvalue weighted by molar-refractivity contribution is 6.01. The molecule has 3 aliphatic heterocycles. The first-order chi connectivity index (χ1) is 21.3. The van der Waals surface area contributed by atoms with Crippen LogP contribution in [0.4, 0.5) is 4.79 Å². The molecule has 2 N–H and O–H groups in total. The van der Waals surface area contributed by atoms with Crippen molar-refractivity contribution in [2.24, 2.45) is 11.0 Å². The van der Waals surface area contributed by atoms with E-state index in [9.17, 15) is 19.5 Å². The quantitative estimate of drug-likeness (QED) is 0.474. The molecule has 0 aromatic heterocycles. The molecule has 4 amide bonds. The lowest BCUT2D eigenvalue weighted by molar-refractivity contribution is -0.186. The maximum absolute atomic E-state index is 14.2. The van der Waals surface area contributed by atoms with Crippen LogP contribution in [0.5, 0.6) is 5.75 Å². The van der Waals surface area contributed by atoms with Crippen LogP contribution in [0.1, 0.15) is 11.1 Å². The predicted octanol–water partition coefficient (Wildman–Crippen LogP) is 1.79. The Labute approximate surface area is 256 Å². The van der Waals surface area contributed by atoms with E-state index in [1.54, 1.807) is 51.1 Å². The van der Waals surface area contributed by atoms with Crippen LogP contribution in [0.25, 0.3) is 0 Å². The van der Waals surface area contributed by atoms with Gasteiger partial charge in [0.2, 0.25) is 11.8 Å². The number of benzene rings is 2. The van der Waals surface area contributed by atoms with E-state index in [0.29, 0.717) is 26.2 Å². The van der Waals surface area contributed by atoms with E-state index in [-0.39, 0.29) is 49.0 Å². The minimum absolute atomic E-state index is 0.00402. The Kier molecular flexibility index (Phi) is 8.09. The number of amides is 4. The van der Waals surface area contributed by atoms with Gasteiger partial charge in [0.05, 0.1) is 25.3 Å². The van der Waals surface area contributed by atoms with Crippen LogP contribution in [0.15, 0.2) is 83.5 Å². The predicted molar refractivity (Wildman–Crippen MR) is 165 cm³/mol. The number of terminal acetylenes is 1. The van der Waals surface area contributed by atoms with Crippen LogP contribution in [0.2, 0.25) is 0 Å². The summed E-state index contributed by atoms with van der Waals surface area (Å²) in [6.07, 6.45) is 11.0. The van der Waals surface area contributed by atoms with E-state index in [2.05, 4.69) is 16.3 Å². The largest absolute Gasteiger partial charge is 0.508 e. The second-order valence-corrected chi connectivity index (χ2v) is 11.4. The highest BCUT2D eigenvalue weighted by Crippen LogP contribution is 2.31. The van der Waals surface area contributed by atoms with Gasteiger partial charge in [-0.2, -0.15) is 5.10 Å². The number of likely N-dealkylation sites (N-methyl/N-ethyl adjacent to an activating group) is 1. The number of hydrazine groups is 1. The average molecular weight is 594 g/mol. The van der Waals surface area contributed by atoms with Gasteiger partial charge in [0, 0.05) is 39.0 Å². The minimum Gasteiger partial charge on any atom is -0.508 e. The summed E-state index contributed by atoms with van der Waals surface area (Å²) in [6, 6.07) is 15.0. The van der Waals surface area contributed by atoms with E-state index >= 15 is 0 Å². The number of nitrogens with one attached hydrogen (secondary N) is 1. The van der Waals surface area contributed by atoms with Crippen LogP contribution in [0, 0.1) is 18.3 Å². The summed E-state index contributed by atoms with van der Waals surface area (Å²) in [5.74, 6) is 2.34. The van der Waals surface area contributed by atoms with Gasteiger partial charge in [-0.15, -0.1) is 6.42 Å². The molecule has 3 atom stereocenters. The van der Waals surface area contributed by atoms with Crippen LogP contribution < -0.4 is 5.32 Å². The van der Waals surface area contributed by atoms with Crippen LogP contribution in [-0.4, -0.2) is 105 Å². The lowest BCUT2D eigenvalue weighted by Gasteiger charge is -2.54. The van der Waals surface area contributed by atoms with Crippen molar-refractivity contribution in [3.63, 3.8) is 0 Å². The molecule has 0 radical (unpaired) electrons. The summed E-state index contributed by atoms with van der Waals surface area (Å²) in [4.78, 5) is 44.9. The van der Waals surface area contributed by atoms with Gasteiger partial charge >= 0.3 is 6.03 Å². The molecule has 11 heteroatoms.